The first-order chi connectivity index (χ1) is 12.3. The summed E-state index contributed by atoms with van der Waals surface area (Å²) in [7, 11) is -3.51. The lowest BCUT2D eigenvalue weighted by molar-refractivity contribution is -0.137. The average Bonchev–Trinajstić information content (AvgIpc) is 2.61. The van der Waals surface area contributed by atoms with Gasteiger partial charge in [0.2, 0.25) is 15.9 Å². The lowest BCUT2D eigenvalue weighted by atomic mass is 10.0. The Hall–Kier alpha value is -2.19. The van der Waals surface area contributed by atoms with Gasteiger partial charge in [0.15, 0.2) is 0 Å². The summed E-state index contributed by atoms with van der Waals surface area (Å²) in [5, 5.41) is 2.56. The molecule has 1 saturated heterocycles. The smallest absolute Gasteiger partial charge is 0.330 e. The van der Waals surface area contributed by atoms with Crippen molar-refractivity contribution in [2.24, 2.45) is 5.92 Å². The summed E-state index contributed by atoms with van der Waals surface area (Å²) in [4.78, 5) is 23.1. The minimum atomic E-state index is -3.51. The Kier molecular flexibility index (Phi) is 6.93. The first kappa shape index (κ1) is 20.1. The normalized spacial score (nSPS) is 16.5. The number of esters is 1. The third kappa shape index (κ3) is 5.40. The van der Waals surface area contributed by atoms with Crippen LogP contribution in [0, 0.1) is 5.92 Å². The van der Waals surface area contributed by atoms with Crippen LogP contribution in [-0.2, 0) is 24.3 Å². The molecular formula is C18H24N2O5S. The van der Waals surface area contributed by atoms with Crippen molar-refractivity contribution < 1.29 is 22.7 Å². The van der Waals surface area contributed by atoms with Gasteiger partial charge in [0.05, 0.1) is 11.5 Å². The van der Waals surface area contributed by atoms with Crippen LogP contribution in [0.15, 0.2) is 41.3 Å². The van der Waals surface area contributed by atoms with Crippen LogP contribution in [0.25, 0.3) is 0 Å². The molecule has 1 aliphatic heterocycles. The number of sulfonamides is 1. The van der Waals surface area contributed by atoms with Crippen LogP contribution in [0.2, 0.25) is 0 Å². The fourth-order valence-electron chi connectivity index (χ4n) is 2.60. The molecule has 1 aromatic rings. The van der Waals surface area contributed by atoms with E-state index < -0.39 is 21.9 Å². The predicted octanol–water partition coefficient (Wildman–Crippen LogP) is 2.17. The van der Waals surface area contributed by atoms with E-state index in [9.17, 15) is 18.0 Å². The molecule has 1 amide bonds. The Labute approximate surface area is 154 Å². The summed E-state index contributed by atoms with van der Waals surface area (Å²) < 4.78 is 31.5. The molecule has 7 nitrogen and oxygen atoms in total. The Morgan fingerprint density at radius 3 is 2.38 bits per heavy atom. The van der Waals surface area contributed by atoms with E-state index in [0.717, 1.165) is 25.0 Å². The fraction of sp³-hybridized carbons (Fsp3) is 0.444. The largest absolute Gasteiger partial charge is 0.463 e. The highest BCUT2D eigenvalue weighted by Crippen LogP contribution is 2.24. The predicted molar refractivity (Wildman–Crippen MR) is 98.0 cm³/mol. The third-order valence-electron chi connectivity index (χ3n) is 4.16. The van der Waals surface area contributed by atoms with Crippen molar-refractivity contribution in [1.82, 2.24) is 4.31 Å². The quantitative estimate of drug-likeness (QED) is 0.603. The molecule has 1 fully saturated rings. The van der Waals surface area contributed by atoms with Gasteiger partial charge in [0, 0.05) is 30.9 Å². The van der Waals surface area contributed by atoms with Gasteiger partial charge in [0.1, 0.15) is 0 Å². The first-order valence-corrected chi connectivity index (χ1v) is 10.0. The molecule has 0 aliphatic carbocycles. The molecule has 0 spiro atoms. The molecule has 1 aliphatic rings. The van der Waals surface area contributed by atoms with Crippen molar-refractivity contribution in [3.8, 4) is 0 Å². The van der Waals surface area contributed by atoms with Gasteiger partial charge in [-0.1, -0.05) is 6.92 Å². The molecule has 1 heterocycles. The SMILES string of the molecule is CCOC(=O)C=CC(=O)Nc1ccc(S(=O)(=O)N2CCC(C)CC2)cc1. The second-order valence-corrected chi connectivity index (χ2v) is 8.12. The van der Waals surface area contributed by atoms with Crippen molar-refractivity contribution in [2.75, 3.05) is 25.0 Å². The molecule has 0 saturated carbocycles. The number of nitrogens with zero attached hydrogens (tertiary/aromatic N) is 1. The lowest BCUT2D eigenvalue weighted by Gasteiger charge is -2.29. The van der Waals surface area contributed by atoms with Crippen LogP contribution >= 0.6 is 0 Å². The third-order valence-corrected chi connectivity index (χ3v) is 6.07. The molecule has 0 aromatic heterocycles. The van der Waals surface area contributed by atoms with Crippen LogP contribution in [0.5, 0.6) is 0 Å². The summed E-state index contributed by atoms with van der Waals surface area (Å²) >= 11 is 0. The van der Waals surface area contributed by atoms with Crippen molar-refractivity contribution >= 4 is 27.6 Å². The van der Waals surface area contributed by atoms with Gasteiger partial charge in [0.25, 0.3) is 0 Å². The van der Waals surface area contributed by atoms with Gasteiger partial charge < -0.3 is 10.1 Å². The molecule has 1 N–H and O–H groups in total. The number of benzene rings is 1. The Morgan fingerprint density at radius 2 is 1.81 bits per heavy atom. The monoisotopic (exact) mass is 380 g/mol. The van der Waals surface area contributed by atoms with Crippen molar-refractivity contribution in [2.45, 2.75) is 31.6 Å². The number of hydrogen-bond acceptors (Lipinski definition) is 5. The second-order valence-electron chi connectivity index (χ2n) is 6.19. The van der Waals surface area contributed by atoms with Gasteiger partial charge in [-0.15, -0.1) is 0 Å². The fourth-order valence-corrected chi connectivity index (χ4v) is 4.07. The lowest BCUT2D eigenvalue weighted by Crippen LogP contribution is -2.37. The summed E-state index contributed by atoms with van der Waals surface area (Å²) in [6, 6.07) is 5.99. The average molecular weight is 380 g/mol. The maximum absolute atomic E-state index is 12.6. The van der Waals surface area contributed by atoms with E-state index in [1.54, 1.807) is 6.92 Å². The van der Waals surface area contributed by atoms with Crippen molar-refractivity contribution in [3.63, 3.8) is 0 Å². The van der Waals surface area contributed by atoms with E-state index in [4.69, 9.17) is 0 Å². The number of amides is 1. The molecule has 0 bridgehead atoms. The number of ether oxygens (including phenoxy) is 1. The summed E-state index contributed by atoms with van der Waals surface area (Å²) in [6.45, 7) is 5.08. The molecule has 0 atom stereocenters. The highest BCUT2D eigenvalue weighted by Gasteiger charge is 2.27. The number of hydrogen-bond donors (Lipinski definition) is 1. The molecule has 1 aromatic carbocycles. The summed E-state index contributed by atoms with van der Waals surface area (Å²) in [6.07, 6.45) is 3.83. The van der Waals surface area contributed by atoms with Crippen LogP contribution in [0.4, 0.5) is 5.69 Å². The van der Waals surface area contributed by atoms with Crippen LogP contribution in [-0.4, -0.2) is 44.3 Å². The Bertz CT molecular complexity index is 763. The van der Waals surface area contributed by atoms with E-state index in [0.29, 0.717) is 24.7 Å². The number of carbonyl (C=O) groups excluding carboxylic acids is 2. The second kappa shape index (κ2) is 8.95. The maximum atomic E-state index is 12.6. The van der Waals surface area contributed by atoms with E-state index in [2.05, 4.69) is 17.0 Å². The number of anilines is 1. The number of nitrogens with one attached hydrogen (secondary N) is 1. The first-order valence-electron chi connectivity index (χ1n) is 8.59. The van der Waals surface area contributed by atoms with Crippen molar-refractivity contribution in [1.29, 1.82) is 0 Å². The van der Waals surface area contributed by atoms with Crippen molar-refractivity contribution in [3.05, 3.63) is 36.4 Å². The van der Waals surface area contributed by atoms with E-state index in [-0.39, 0.29) is 11.5 Å². The minimum absolute atomic E-state index is 0.201. The van der Waals surface area contributed by atoms with E-state index in [1.165, 1.54) is 28.6 Å². The van der Waals surface area contributed by atoms with E-state index >= 15 is 0 Å². The topological polar surface area (TPSA) is 92.8 Å². The minimum Gasteiger partial charge on any atom is -0.463 e. The molecule has 8 heteroatoms. The molecule has 0 unspecified atom stereocenters. The van der Waals surface area contributed by atoms with Crippen LogP contribution < -0.4 is 5.32 Å². The molecule has 26 heavy (non-hydrogen) atoms. The highest BCUT2D eigenvalue weighted by molar-refractivity contribution is 7.89. The maximum Gasteiger partial charge on any atom is 0.330 e. The molecular weight excluding hydrogens is 356 g/mol. The standard InChI is InChI=1S/C18H24N2O5S/c1-3-25-18(22)9-8-17(21)19-15-4-6-16(7-5-15)26(23,24)20-12-10-14(2)11-13-20/h4-9,14H,3,10-13H2,1-2H3,(H,19,21). The van der Waals surface area contributed by atoms with Gasteiger partial charge >= 0.3 is 5.97 Å². The molecule has 2 rings (SSSR count). The Morgan fingerprint density at radius 1 is 1.19 bits per heavy atom. The van der Waals surface area contributed by atoms with Gasteiger partial charge in [-0.2, -0.15) is 4.31 Å². The van der Waals surface area contributed by atoms with Gasteiger partial charge in [-0.3, -0.25) is 4.79 Å². The summed E-state index contributed by atoms with van der Waals surface area (Å²) in [5.74, 6) is -0.555. The van der Waals surface area contributed by atoms with Crippen LogP contribution in [0.1, 0.15) is 26.7 Å². The van der Waals surface area contributed by atoms with E-state index in [1.807, 2.05) is 0 Å². The van der Waals surface area contributed by atoms with Gasteiger partial charge in [-0.05, 0) is 49.9 Å². The number of piperidine rings is 1. The molecule has 0 radical (unpaired) electrons. The molecule has 142 valence electrons. The number of rotatable bonds is 6. The van der Waals surface area contributed by atoms with Crippen LogP contribution in [0.3, 0.4) is 0 Å². The zero-order valence-electron chi connectivity index (χ0n) is 15.0. The Balaban J connectivity index is 1.99. The highest BCUT2D eigenvalue weighted by atomic mass is 32.2. The van der Waals surface area contributed by atoms with Gasteiger partial charge in [-0.25, -0.2) is 13.2 Å². The summed E-state index contributed by atoms with van der Waals surface area (Å²) in [5.41, 5.74) is 0.440. The zero-order chi connectivity index (χ0) is 19.2. The number of carbonyl (C=O) groups is 2. The zero-order valence-corrected chi connectivity index (χ0v) is 15.8.